The van der Waals surface area contributed by atoms with E-state index in [4.69, 9.17) is 9.47 Å². The summed E-state index contributed by atoms with van der Waals surface area (Å²) in [5.74, 6) is 0. The Balaban J connectivity index is 1.95. The maximum absolute atomic E-state index is 11.0. The largest absolute Gasteiger partial charge is 0.509 e. The number of benzene rings is 1. The van der Waals surface area contributed by atoms with E-state index < -0.39 is 11.8 Å². The van der Waals surface area contributed by atoms with Crippen molar-refractivity contribution in [2.24, 2.45) is 0 Å². The predicted molar refractivity (Wildman–Crippen MR) is 64.7 cm³/mol. The third-order valence-electron chi connectivity index (χ3n) is 2.76. The first kappa shape index (κ1) is 11.7. The van der Waals surface area contributed by atoms with Crippen LogP contribution in [-0.4, -0.2) is 17.9 Å². The van der Waals surface area contributed by atoms with Gasteiger partial charge in [-0.1, -0.05) is 36.4 Å². The summed E-state index contributed by atoms with van der Waals surface area (Å²) >= 11 is 0. The van der Waals surface area contributed by atoms with Crippen molar-refractivity contribution in [3.8, 4) is 0 Å². The van der Waals surface area contributed by atoms with E-state index in [1.54, 1.807) is 0 Å². The quantitative estimate of drug-likeness (QED) is 0.593. The number of ether oxygens (including phenoxy) is 2. The molecule has 3 nitrogen and oxygen atoms in total. The highest BCUT2D eigenvalue weighted by Gasteiger charge is 2.42. The minimum Gasteiger partial charge on any atom is -0.424 e. The molecular weight excluding hydrogens is 216 g/mol. The Labute approximate surface area is 101 Å². The van der Waals surface area contributed by atoms with Gasteiger partial charge in [-0.25, -0.2) is 4.79 Å². The van der Waals surface area contributed by atoms with Crippen molar-refractivity contribution in [3.05, 3.63) is 48.0 Å². The van der Waals surface area contributed by atoms with Crippen LogP contribution in [0.4, 0.5) is 4.79 Å². The molecular formula is C14H16O3. The summed E-state index contributed by atoms with van der Waals surface area (Å²) in [4.78, 5) is 11.0. The zero-order valence-electron chi connectivity index (χ0n) is 10.1. The first-order chi connectivity index (χ1) is 8.08. The van der Waals surface area contributed by atoms with E-state index in [0.717, 1.165) is 6.42 Å². The number of hydrogen-bond donors (Lipinski definition) is 0. The fourth-order valence-corrected chi connectivity index (χ4v) is 1.76. The normalized spacial score (nSPS) is 22.5. The average molecular weight is 232 g/mol. The van der Waals surface area contributed by atoms with Crippen molar-refractivity contribution in [1.29, 1.82) is 0 Å². The highest BCUT2D eigenvalue weighted by Crippen LogP contribution is 2.27. The van der Waals surface area contributed by atoms with Crippen molar-refractivity contribution < 1.29 is 14.3 Å². The summed E-state index contributed by atoms with van der Waals surface area (Å²) in [5, 5.41) is 0. The minimum atomic E-state index is -0.593. The Morgan fingerprint density at radius 2 is 2.00 bits per heavy atom. The fraction of sp³-hybridized carbons (Fsp3) is 0.357. The van der Waals surface area contributed by atoms with Crippen LogP contribution in [0.3, 0.4) is 0 Å². The lowest BCUT2D eigenvalue weighted by Gasteiger charge is -2.18. The molecule has 0 radical (unpaired) electrons. The third kappa shape index (κ3) is 2.87. The molecule has 2 rings (SSSR count). The molecule has 0 saturated carbocycles. The van der Waals surface area contributed by atoms with Crippen LogP contribution in [0.5, 0.6) is 0 Å². The lowest BCUT2D eigenvalue weighted by atomic mass is 10.0. The first-order valence-corrected chi connectivity index (χ1v) is 5.68. The molecule has 1 atom stereocenters. The van der Waals surface area contributed by atoms with Gasteiger partial charge in [0.05, 0.1) is 0 Å². The topological polar surface area (TPSA) is 35.5 Å². The number of carbonyl (C=O) groups excluding carboxylic acids is 1. The van der Waals surface area contributed by atoms with Crippen molar-refractivity contribution >= 4 is 6.16 Å². The van der Waals surface area contributed by atoms with Crippen molar-refractivity contribution in [2.75, 3.05) is 0 Å². The van der Waals surface area contributed by atoms with Crippen LogP contribution in [0.15, 0.2) is 42.5 Å². The molecule has 1 heterocycles. The SMILES string of the molecule is CC1(C)OC(=O)OC1/C=C/Cc1ccccc1. The van der Waals surface area contributed by atoms with E-state index in [-0.39, 0.29) is 6.10 Å². The van der Waals surface area contributed by atoms with Gasteiger partial charge in [-0.2, -0.15) is 0 Å². The van der Waals surface area contributed by atoms with E-state index in [2.05, 4.69) is 12.1 Å². The molecule has 0 spiro atoms. The molecule has 1 fully saturated rings. The molecule has 1 saturated heterocycles. The summed E-state index contributed by atoms with van der Waals surface area (Å²) in [5.41, 5.74) is 0.649. The van der Waals surface area contributed by atoms with Gasteiger partial charge in [0.25, 0.3) is 0 Å². The zero-order valence-corrected chi connectivity index (χ0v) is 10.1. The van der Waals surface area contributed by atoms with E-state index in [0.29, 0.717) is 0 Å². The summed E-state index contributed by atoms with van der Waals surface area (Å²) in [6.07, 6.45) is 3.81. The summed E-state index contributed by atoms with van der Waals surface area (Å²) in [7, 11) is 0. The van der Waals surface area contributed by atoms with Crippen LogP contribution >= 0.6 is 0 Å². The van der Waals surface area contributed by atoms with Crippen molar-refractivity contribution in [2.45, 2.75) is 32.0 Å². The van der Waals surface area contributed by atoms with Gasteiger partial charge in [-0.05, 0) is 31.9 Å². The Morgan fingerprint density at radius 3 is 2.59 bits per heavy atom. The van der Waals surface area contributed by atoms with Gasteiger partial charge in [-0.3, -0.25) is 0 Å². The van der Waals surface area contributed by atoms with Gasteiger partial charge in [0.2, 0.25) is 0 Å². The summed E-state index contributed by atoms with van der Waals surface area (Å²) < 4.78 is 10.1. The third-order valence-corrected chi connectivity index (χ3v) is 2.76. The van der Waals surface area contributed by atoms with E-state index in [1.165, 1.54) is 5.56 Å². The maximum atomic E-state index is 11.0. The molecule has 0 aliphatic carbocycles. The standard InChI is InChI=1S/C14H16O3/c1-14(2)12(16-13(15)17-14)10-6-9-11-7-4-3-5-8-11/h3-8,10,12H,9H2,1-2H3/b10-6+. The van der Waals surface area contributed by atoms with Gasteiger partial charge in [0.1, 0.15) is 0 Å². The number of hydrogen-bond acceptors (Lipinski definition) is 3. The number of cyclic esters (lactones) is 2. The zero-order chi connectivity index (χ0) is 12.3. The Hall–Kier alpha value is -1.77. The fourth-order valence-electron chi connectivity index (χ4n) is 1.76. The maximum Gasteiger partial charge on any atom is 0.509 e. The molecule has 0 amide bonds. The van der Waals surface area contributed by atoms with Crippen LogP contribution in [0.1, 0.15) is 19.4 Å². The Bertz CT molecular complexity index is 420. The predicted octanol–water partition coefficient (Wildman–Crippen LogP) is 3.10. The second-order valence-electron chi connectivity index (χ2n) is 4.61. The average Bonchev–Trinajstić information content (AvgIpc) is 2.53. The molecule has 0 N–H and O–H groups in total. The minimum absolute atomic E-state index is 0.307. The smallest absolute Gasteiger partial charge is 0.424 e. The van der Waals surface area contributed by atoms with Crippen LogP contribution in [0, 0.1) is 0 Å². The molecule has 1 aliphatic heterocycles. The number of carbonyl (C=O) groups is 1. The number of allylic oxidation sites excluding steroid dienone is 1. The van der Waals surface area contributed by atoms with Crippen molar-refractivity contribution in [1.82, 2.24) is 0 Å². The second-order valence-corrected chi connectivity index (χ2v) is 4.61. The highest BCUT2D eigenvalue weighted by atomic mass is 16.8. The summed E-state index contributed by atoms with van der Waals surface area (Å²) in [6.45, 7) is 3.69. The lowest BCUT2D eigenvalue weighted by molar-refractivity contribution is 0.0764. The number of rotatable bonds is 3. The Kier molecular flexibility index (Phi) is 3.18. The van der Waals surface area contributed by atoms with Gasteiger partial charge in [0, 0.05) is 0 Å². The van der Waals surface area contributed by atoms with Crippen LogP contribution in [0.2, 0.25) is 0 Å². The molecule has 1 aliphatic rings. The van der Waals surface area contributed by atoms with Crippen LogP contribution in [0.25, 0.3) is 0 Å². The Morgan fingerprint density at radius 1 is 1.29 bits per heavy atom. The first-order valence-electron chi connectivity index (χ1n) is 5.68. The van der Waals surface area contributed by atoms with E-state index in [1.807, 2.05) is 44.2 Å². The lowest BCUT2D eigenvalue weighted by Crippen LogP contribution is -2.31. The van der Waals surface area contributed by atoms with Gasteiger partial charge >= 0.3 is 6.16 Å². The monoisotopic (exact) mass is 232 g/mol. The molecule has 0 bridgehead atoms. The van der Waals surface area contributed by atoms with Crippen LogP contribution in [-0.2, 0) is 15.9 Å². The van der Waals surface area contributed by atoms with E-state index >= 15 is 0 Å². The van der Waals surface area contributed by atoms with Crippen molar-refractivity contribution in [3.63, 3.8) is 0 Å². The molecule has 90 valence electrons. The van der Waals surface area contributed by atoms with E-state index in [9.17, 15) is 4.79 Å². The van der Waals surface area contributed by atoms with Gasteiger partial charge in [0.15, 0.2) is 11.7 Å². The molecule has 3 heteroatoms. The molecule has 1 aromatic carbocycles. The van der Waals surface area contributed by atoms with Gasteiger partial charge < -0.3 is 9.47 Å². The molecule has 1 aromatic rings. The highest BCUT2D eigenvalue weighted by molar-refractivity contribution is 5.63. The summed E-state index contributed by atoms with van der Waals surface area (Å²) in [6, 6.07) is 10.1. The van der Waals surface area contributed by atoms with Gasteiger partial charge in [-0.15, -0.1) is 0 Å². The molecule has 1 unspecified atom stereocenters. The molecule has 17 heavy (non-hydrogen) atoms. The van der Waals surface area contributed by atoms with Crippen LogP contribution < -0.4 is 0 Å². The molecule has 0 aromatic heterocycles. The second kappa shape index (κ2) is 4.62.